The molecule has 0 amide bonds. The number of aryl methyl sites for hydroxylation is 1. The summed E-state index contributed by atoms with van der Waals surface area (Å²) in [7, 11) is -3.12. The van der Waals surface area contributed by atoms with Crippen LogP contribution in [0.3, 0.4) is 0 Å². The smallest absolute Gasteiger partial charge is 0.258 e. The Hall–Kier alpha value is -1.80. The third kappa shape index (κ3) is 4.88. The maximum atomic E-state index is 12.4. The average Bonchev–Trinajstić information content (AvgIpc) is 3.15. The van der Waals surface area contributed by atoms with Crippen molar-refractivity contribution in [1.29, 1.82) is 0 Å². The first-order valence-electron chi connectivity index (χ1n) is 9.29. The molecule has 1 saturated heterocycles. The lowest BCUT2D eigenvalue weighted by molar-refractivity contribution is 0.254. The Bertz CT molecular complexity index is 792. The molecule has 0 radical (unpaired) electrons. The van der Waals surface area contributed by atoms with Crippen LogP contribution in [0.15, 0.2) is 29.0 Å². The molecule has 1 unspecified atom stereocenters. The minimum Gasteiger partial charge on any atom is -0.334 e. The Morgan fingerprint density at radius 3 is 2.88 bits per heavy atom. The van der Waals surface area contributed by atoms with Gasteiger partial charge in [0, 0.05) is 37.5 Å². The maximum absolute atomic E-state index is 12.4. The summed E-state index contributed by atoms with van der Waals surface area (Å²) in [6.07, 6.45) is 8.54. The third-order valence-corrected chi connectivity index (χ3v) is 6.73. The number of nitrogens with zero attached hydrogens (tertiary/aromatic N) is 4. The van der Waals surface area contributed by atoms with E-state index in [0.717, 1.165) is 37.7 Å². The molecule has 0 N–H and O–H groups in total. The molecule has 2 aromatic rings. The molecule has 7 nitrogen and oxygen atoms in total. The molecule has 2 aromatic heterocycles. The molecule has 3 rings (SSSR count). The molecule has 26 heavy (non-hydrogen) atoms. The highest BCUT2D eigenvalue weighted by atomic mass is 32.2. The largest absolute Gasteiger partial charge is 0.334 e. The van der Waals surface area contributed by atoms with Crippen LogP contribution in [0, 0.1) is 5.92 Å². The minimum atomic E-state index is -3.12. The summed E-state index contributed by atoms with van der Waals surface area (Å²) >= 11 is 0. The lowest BCUT2D eigenvalue weighted by Gasteiger charge is -2.31. The zero-order valence-electron chi connectivity index (χ0n) is 15.2. The van der Waals surface area contributed by atoms with Gasteiger partial charge in [-0.1, -0.05) is 18.5 Å². The second-order valence-electron chi connectivity index (χ2n) is 6.83. The number of sulfonamides is 1. The Labute approximate surface area is 154 Å². The van der Waals surface area contributed by atoms with Crippen molar-refractivity contribution in [2.75, 3.05) is 18.8 Å². The summed E-state index contributed by atoms with van der Waals surface area (Å²) in [5.74, 6) is 1.77. The molecule has 1 aliphatic heterocycles. The quantitative estimate of drug-likeness (QED) is 0.702. The molecule has 8 heteroatoms. The van der Waals surface area contributed by atoms with Crippen molar-refractivity contribution in [3.63, 3.8) is 0 Å². The fraction of sp³-hybridized carbons (Fsp3) is 0.611. The van der Waals surface area contributed by atoms with Crippen LogP contribution in [0.1, 0.15) is 44.9 Å². The number of hydrogen-bond acceptors (Lipinski definition) is 6. The molecule has 0 aliphatic carbocycles. The molecular weight excluding hydrogens is 352 g/mol. The molecule has 142 valence electrons. The topological polar surface area (TPSA) is 89.2 Å². The van der Waals surface area contributed by atoms with Crippen LogP contribution in [0.25, 0.3) is 11.5 Å². The first kappa shape index (κ1) is 19.0. The Morgan fingerprint density at radius 2 is 2.12 bits per heavy atom. The van der Waals surface area contributed by atoms with Crippen LogP contribution in [0.5, 0.6) is 0 Å². The van der Waals surface area contributed by atoms with Gasteiger partial charge in [-0.15, -0.1) is 0 Å². The maximum Gasteiger partial charge on any atom is 0.258 e. The van der Waals surface area contributed by atoms with E-state index in [4.69, 9.17) is 4.52 Å². The van der Waals surface area contributed by atoms with E-state index < -0.39 is 10.0 Å². The highest BCUT2D eigenvalue weighted by Gasteiger charge is 2.28. The molecule has 0 saturated carbocycles. The third-order valence-electron chi connectivity index (χ3n) is 4.80. The molecule has 1 atom stereocenters. The van der Waals surface area contributed by atoms with Crippen LogP contribution >= 0.6 is 0 Å². The number of unbranched alkanes of at least 4 members (excludes halogenated alkanes) is 1. The average molecular weight is 378 g/mol. The zero-order valence-corrected chi connectivity index (χ0v) is 16.0. The Kier molecular flexibility index (Phi) is 6.37. The second-order valence-corrected chi connectivity index (χ2v) is 8.91. The summed E-state index contributed by atoms with van der Waals surface area (Å²) in [6.45, 7) is 3.28. The Balaban J connectivity index is 1.54. The Morgan fingerprint density at radius 1 is 1.31 bits per heavy atom. The van der Waals surface area contributed by atoms with Crippen molar-refractivity contribution in [3.8, 4) is 11.5 Å². The molecule has 1 fully saturated rings. The highest BCUT2D eigenvalue weighted by molar-refractivity contribution is 7.89. The van der Waals surface area contributed by atoms with Crippen molar-refractivity contribution in [3.05, 3.63) is 30.4 Å². The van der Waals surface area contributed by atoms with Crippen LogP contribution in [-0.4, -0.2) is 46.7 Å². The van der Waals surface area contributed by atoms with Gasteiger partial charge >= 0.3 is 0 Å². The number of piperidine rings is 1. The normalized spacial score (nSPS) is 18.9. The fourth-order valence-corrected chi connectivity index (χ4v) is 5.03. The number of aromatic nitrogens is 3. The highest BCUT2D eigenvalue weighted by Crippen LogP contribution is 2.24. The SMILES string of the molecule is CCCCS(=O)(=O)N1CCCC(CCc2noc(-c3ccncc3)n2)C1. The van der Waals surface area contributed by atoms with E-state index in [-0.39, 0.29) is 5.75 Å². The summed E-state index contributed by atoms with van der Waals surface area (Å²) in [6, 6.07) is 3.66. The molecule has 0 aromatic carbocycles. The summed E-state index contributed by atoms with van der Waals surface area (Å²) < 4.78 is 31.8. The van der Waals surface area contributed by atoms with Gasteiger partial charge < -0.3 is 4.52 Å². The number of rotatable bonds is 8. The van der Waals surface area contributed by atoms with Crippen molar-refractivity contribution >= 4 is 10.0 Å². The predicted octanol–water partition coefficient (Wildman–Crippen LogP) is 2.91. The molecule has 1 aliphatic rings. The van der Waals surface area contributed by atoms with Crippen LogP contribution < -0.4 is 0 Å². The summed E-state index contributed by atoms with van der Waals surface area (Å²) in [5.41, 5.74) is 0.851. The van der Waals surface area contributed by atoms with Gasteiger partial charge in [0.15, 0.2) is 5.82 Å². The lowest BCUT2D eigenvalue weighted by atomic mass is 9.94. The van der Waals surface area contributed by atoms with Crippen molar-refractivity contribution in [1.82, 2.24) is 19.4 Å². The summed E-state index contributed by atoms with van der Waals surface area (Å²) in [5, 5.41) is 4.05. The van der Waals surface area contributed by atoms with Gasteiger partial charge in [0.05, 0.1) is 5.75 Å². The second kappa shape index (κ2) is 8.73. The standard InChI is InChI=1S/C18H26N4O3S/c1-2-3-13-26(23,24)22-12-4-5-15(14-22)6-7-17-20-18(25-21-17)16-8-10-19-11-9-16/h8-11,15H,2-7,12-14H2,1H3. The van der Waals surface area contributed by atoms with Crippen molar-refractivity contribution in [2.45, 2.75) is 45.4 Å². The number of hydrogen-bond donors (Lipinski definition) is 0. The van der Waals surface area contributed by atoms with Gasteiger partial charge in [0.25, 0.3) is 5.89 Å². The lowest BCUT2D eigenvalue weighted by Crippen LogP contribution is -2.41. The molecule has 0 bridgehead atoms. The van der Waals surface area contributed by atoms with E-state index in [1.807, 2.05) is 19.1 Å². The minimum absolute atomic E-state index is 0.260. The molecular formula is C18H26N4O3S. The monoisotopic (exact) mass is 378 g/mol. The van der Waals surface area contributed by atoms with Gasteiger partial charge in [0.2, 0.25) is 10.0 Å². The number of pyridine rings is 1. The first-order chi connectivity index (χ1) is 12.6. The van der Waals surface area contributed by atoms with E-state index >= 15 is 0 Å². The summed E-state index contributed by atoms with van der Waals surface area (Å²) in [4.78, 5) is 8.41. The molecule has 0 spiro atoms. The van der Waals surface area contributed by atoms with Crippen molar-refractivity contribution in [2.24, 2.45) is 5.92 Å². The van der Waals surface area contributed by atoms with Crippen LogP contribution in [-0.2, 0) is 16.4 Å². The van der Waals surface area contributed by atoms with Gasteiger partial charge in [0.1, 0.15) is 0 Å². The molecule has 3 heterocycles. The fourth-order valence-electron chi connectivity index (χ4n) is 3.27. The van der Waals surface area contributed by atoms with E-state index in [2.05, 4.69) is 15.1 Å². The van der Waals surface area contributed by atoms with E-state index in [1.165, 1.54) is 0 Å². The van der Waals surface area contributed by atoms with E-state index in [9.17, 15) is 8.42 Å². The first-order valence-corrected chi connectivity index (χ1v) is 10.9. The van der Waals surface area contributed by atoms with Crippen LogP contribution in [0.4, 0.5) is 0 Å². The van der Waals surface area contributed by atoms with Gasteiger partial charge in [-0.2, -0.15) is 4.98 Å². The van der Waals surface area contributed by atoms with Crippen LogP contribution in [0.2, 0.25) is 0 Å². The van der Waals surface area contributed by atoms with E-state index in [0.29, 0.717) is 37.1 Å². The van der Waals surface area contributed by atoms with Crippen molar-refractivity contribution < 1.29 is 12.9 Å². The van der Waals surface area contributed by atoms with Gasteiger partial charge in [-0.3, -0.25) is 4.98 Å². The predicted molar refractivity (Wildman–Crippen MR) is 98.8 cm³/mol. The van der Waals surface area contributed by atoms with Gasteiger partial charge in [-0.05, 0) is 43.7 Å². The van der Waals surface area contributed by atoms with Gasteiger partial charge in [-0.25, -0.2) is 12.7 Å². The zero-order chi connectivity index (χ0) is 18.4. The van der Waals surface area contributed by atoms with E-state index in [1.54, 1.807) is 16.7 Å².